The molecule has 0 N–H and O–H groups in total. The molecule has 2 rings (SSSR count). The first-order valence-corrected chi connectivity index (χ1v) is 5.24. The van der Waals surface area contributed by atoms with Crippen LogP contribution in [0.15, 0.2) is 18.2 Å². The zero-order valence-corrected chi connectivity index (χ0v) is 9.74. The van der Waals surface area contributed by atoms with E-state index in [2.05, 4.69) is 38.4 Å². The Morgan fingerprint density at radius 3 is 3.07 bits per heavy atom. The molecule has 0 saturated heterocycles. The third-order valence-corrected chi connectivity index (χ3v) is 3.05. The van der Waals surface area contributed by atoms with Crippen molar-refractivity contribution in [2.24, 2.45) is 0 Å². The van der Waals surface area contributed by atoms with Crippen molar-refractivity contribution in [3.05, 3.63) is 35.2 Å². The van der Waals surface area contributed by atoms with E-state index in [1.807, 2.05) is 6.07 Å². The number of nitrogens with zero attached hydrogens (tertiary/aromatic N) is 1. The van der Waals surface area contributed by atoms with Crippen molar-refractivity contribution < 1.29 is 9.53 Å². The van der Waals surface area contributed by atoms with Crippen LogP contribution in [0.2, 0.25) is 0 Å². The zero-order chi connectivity index (χ0) is 10.1. The number of hydrogen-bond donors (Lipinski definition) is 0. The molecule has 72 valence electrons. The van der Waals surface area contributed by atoms with E-state index in [4.69, 9.17) is 0 Å². The highest BCUT2D eigenvalue weighted by Crippen LogP contribution is 2.30. The molecule has 0 aromatic carbocycles. The van der Waals surface area contributed by atoms with Crippen LogP contribution in [0.1, 0.15) is 21.7 Å². The van der Waals surface area contributed by atoms with Crippen molar-refractivity contribution >= 4 is 32.1 Å². The number of allylic oxidation sites excluding steroid dienone is 1. The maximum atomic E-state index is 11.2. The van der Waals surface area contributed by atoms with E-state index in [1.165, 1.54) is 12.7 Å². The predicted octanol–water partition coefficient (Wildman–Crippen LogP) is 2.20. The third-order valence-electron chi connectivity index (χ3n) is 2.10. The molecular formula is C10H8INO2. The van der Waals surface area contributed by atoms with Crippen LogP contribution >= 0.6 is 22.6 Å². The summed E-state index contributed by atoms with van der Waals surface area (Å²) in [5, 5.41) is 0. The highest BCUT2D eigenvalue weighted by atomic mass is 127. The number of ether oxygens (including phenoxy) is 1. The number of halogens is 1. The Morgan fingerprint density at radius 2 is 2.36 bits per heavy atom. The van der Waals surface area contributed by atoms with Crippen LogP contribution in [0.5, 0.6) is 0 Å². The van der Waals surface area contributed by atoms with Crippen LogP contribution < -0.4 is 0 Å². The van der Waals surface area contributed by atoms with Crippen molar-refractivity contribution in [2.45, 2.75) is 6.42 Å². The van der Waals surface area contributed by atoms with E-state index < -0.39 is 0 Å². The van der Waals surface area contributed by atoms with E-state index in [0.29, 0.717) is 5.69 Å². The number of hydrogen-bond acceptors (Lipinski definition) is 3. The van der Waals surface area contributed by atoms with Gasteiger partial charge in [0.15, 0.2) is 0 Å². The van der Waals surface area contributed by atoms with Crippen molar-refractivity contribution in [1.29, 1.82) is 0 Å². The summed E-state index contributed by atoms with van der Waals surface area (Å²) in [6, 6.07) is 3.63. The molecule has 0 radical (unpaired) electrons. The Bertz CT molecular complexity index is 426. The lowest BCUT2D eigenvalue weighted by atomic mass is 10.2. The number of pyridine rings is 1. The minimum atomic E-state index is -0.385. The van der Waals surface area contributed by atoms with Gasteiger partial charge in [0.1, 0.15) is 5.69 Å². The molecule has 0 unspecified atom stereocenters. The molecule has 0 bridgehead atoms. The molecule has 0 amide bonds. The summed E-state index contributed by atoms with van der Waals surface area (Å²) in [7, 11) is 1.36. The van der Waals surface area contributed by atoms with Crippen molar-refractivity contribution in [3.8, 4) is 0 Å². The summed E-state index contributed by atoms with van der Waals surface area (Å²) in [4.78, 5) is 15.5. The predicted molar refractivity (Wildman–Crippen MR) is 61.3 cm³/mol. The number of carbonyl (C=O) groups is 1. The van der Waals surface area contributed by atoms with Gasteiger partial charge in [0.2, 0.25) is 0 Å². The number of fused-ring (bicyclic) bond motifs is 1. The normalized spacial score (nSPS) is 13.4. The Hall–Kier alpha value is -0.910. The van der Waals surface area contributed by atoms with Gasteiger partial charge in [-0.1, -0.05) is 12.1 Å². The largest absolute Gasteiger partial charge is 0.464 e. The second-order valence-corrected chi connectivity index (χ2v) is 4.11. The van der Waals surface area contributed by atoms with Gasteiger partial charge in [-0.25, -0.2) is 9.78 Å². The molecule has 1 aromatic heterocycles. The summed E-state index contributed by atoms with van der Waals surface area (Å²) in [6.45, 7) is 0. The zero-order valence-electron chi connectivity index (χ0n) is 7.58. The second-order valence-electron chi connectivity index (χ2n) is 2.95. The molecule has 14 heavy (non-hydrogen) atoms. The summed E-state index contributed by atoms with van der Waals surface area (Å²) in [5.41, 5.74) is 2.45. The highest BCUT2D eigenvalue weighted by molar-refractivity contribution is 14.1. The van der Waals surface area contributed by atoms with Gasteiger partial charge in [0.05, 0.1) is 12.8 Å². The van der Waals surface area contributed by atoms with Gasteiger partial charge in [-0.3, -0.25) is 0 Å². The molecule has 0 saturated carbocycles. The maximum Gasteiger partial charge on any atom is 0.356 e. The minimum absolute atomic E-state index is 0.371. The lowest BCUT2D eigenvalue weighted by Crippen LogP contribution is -2.05. The maximum absolute atomic E-state index is 11.2. The quantitative estimate of drug-likeness (QED) is 0.589. The van der Waals surface area contributed by atoms with Gasteiger partial charge in [0, 0.05) is 3.58 Å². The fourth-order valence-electron chi connectivity index (χ4n) is 1.37. The van der Waals surface area contributed by atoms with Crippen molar-refractivity contribution in [1.82, 2.24) is 4.98 Å². The van der Waals surface area contributed by atoms with Crippen LogP contribution in [0.4, 0.5) is 0 Å². The number of esters is 1. The minimum Gasteiger partial charge on any atom is -0.464 e. The van der Waals surface area contributed by atoms with Gasteiger partial charge < -0.3 is 4.74 Å². The highest BCUT2D eigenvalue weighted by Gasteiger charge is 2.16. The Balaban J connectivity index is 2.44. The lowest BCUT2D eigenvalue weighted by Gasteiger charge is -2.02. The first-order chi connectivity index (χ1) is 6.72. The molecule has 0 spiro atoms. The van der Waals surface area contributed by atoms with E-state index in [-0.39, 0.29) is 5.97 Å². The molecule has 1 aromatic rings. The fourth-order valence-corrected chi connectivity index (χ4v) is 2.06. The standard InChI is InChI=1S/C10H8INO2/c1-14-10(13)8-5-3-6-2-4-7(11)9(6)12-8/h3-5H,2H2,1H3. The summed E-state index contributed by atoms with van der Waals surface area (Å²) < 4.78 is 5.71. The van der Waals surface area contributed by atoms with Crippen LogP contribution in [-0.4, -0.2) is 18.1 Å². The molecule has 4 heteroatoms. The Morgan fingerprint density at radius 1 is 1.57 bits per heavy atom. The topological polar surface area (TPSA) is 39.2 Å². The van der Waals surface area contributed by atoms with Crippen LogP contribution in [0.25, 0.3) is 3.58 Å². The smallest absolute Gasteiger partial charge is 0.356 e. The average Bonchev–Trinajstić information content (AvgIpc) is 2.59. The fraction of sp³-hybridized carbons (Fsp3) is 0.200. The Kier molecular flexibility index (Phi) is 2.54. The van der Waals surface area contributed by atoms with Gasteiger partial charge in [0.25, 0.3) is 0 Å². The average molecular weight is 301 g/mol. The van der Waals surface area contributed by atoms with Gasteiger partial charge >= 0.3 is 5.97 Å². The second kappa shape index (κ2) is 3.68. The number of aromatic nitrogens is 1. The SMILES string of the molecule is COC(=O)c1ccc2c(n1)C(I)=CC2. The monoisotopic (exact) mass is 301 g/mol. The molecular weight excluding hydrogens is 293 g/mol. The van der Waals surface area contributed by atoms with Crippen LogP contribution in [-0.2, 0) is 11.2 Å². The van der Waals surface area contributed by atoms with Crippen LogP contribution in [0, 0.1) is 0 Å². The Labute approximate surface area is 95.3 Å². The van der Waals surface area contributed by atoms with Gasteiger partial charge in [-0.2, -0.15) is 0 Å². The lowest BCUT2D eigenvalue weighted by molar-refractivity contribution is 0.0594. The first-order valence-electron chi connectivity index (χ1n) is 4.16. The molecule has 1 aliphatic carbocycles. The first kappa shape index (κ1) is 9.64. The molecule has 0 fully saturated rings. The molecule has 1 heterocycles. The third kappa shape index (κ3) is 1.54. The van der Waals surface area contributed by atoms with E-state index in [9.17, 15) is 4.79 Å². The molecule has 3 nitrogen and oxygen atoms in total. The number of methoxy groups -OCH3 is 1. The molecule has 0 aliphatic heterocycles. The van der Waals surface area contributed by atoms with Gasteiger partial charge in [-0.15, -0.1) is 0 Å². The van der Waals surface area contributed by atoms with E-state index in [0.717, 1.165) is 15.7 Å². The summed E-state index contributed by atoms with van der Waals surface area (Å²) >= 11 is 2.22. The van der Waals surface area contributed by atoms with E-state index >= 15 is 0 Å². The van der Waals surface area contributed by atoms with Crippen LogP contribution in [0.3, 0.4) is 0 Å². The summed E-state index contributed by atoms with van der Waals surface area (Å²) in [6.07, 6.45) is 3.00. The summed E-state index contributed by atoms with van der Waals surface area (Å²) in [5.74, 6) is -0.385. The number of rotatable bonds is 1. The molecule has 1 aliphatic rings. The van der Waals surface area contributed by atoms with E-state index in [1.54, 1.807) is 6.07 Å². The van der Waals surface area contributed by atoms with Gasteiger partial charge in [-0.05, 0) is 40.6 Å². The number of carbonyl (C=O) groups excluding carboxylic acids is 1. The van der Waals surface area contributed by atoms with Crippen molar-refractivity contribution in [3.63, 3.8) is 0 Å². The van der Waals surface area contributed by atoms with Crippen molar-refractivity contribution in [2.75, 3.05) is 7.11 Å². The molecule has 0 atom stereocenters.